The van der Waals surface area contributed by atoms with Crippen LogP contribution in [-0.4, -0.2) is 28.7 Å². The lowest BCUT2D eigenvalue weighted by molar-refractivity contribution is -0.757. The van der Waals surface area contributed by atoms with Gasteiger partial charge in [0.25, 0.3) is 5.09 Å². The maximum Gasteiger partial charge on any atom is 0.347 e. The first-order chi connectivity index (χ1) is 17.3. The molecule has 3 rings (SSSR count). The van der Waals surface area contributed by atoms with Crippen LogP contribution in [0.2, 0.25) is 0 Å². The van der Waals surface area contributed by atoms with Crippen molar-refractivity contribution in [2.45, 2.75) is 40.5 Å². The molecule has 2 aromatic carbocycles. The molecule has 0 aliphatic rings. The van der Waals surface area contributed by atoms with Crippen molar-refractivity contribution < 1.29 is 34.1 Å². The van der Waals surface area contributed by atoms with Crippen LogP contribution in [0.1, 0.15) is 50.9 Å². The van der Waals surface area contributed by atoms with E-state index in [-0.39, 0.29) is 42.3 Å². The van der Waals surface area contributed by atoms with Gasteiger partial charge in [-0.25, -0.2) is 4.79 Å². The molecule has 9 nitrogen and oxygen atoms in total. The number of phenolic OH excluding ortho intramolecular Hbond substituents is 1. The van der Waals surface area contributed by atoms with E-state index < -0.39 is 17.0 Å². The Morgan fingerprint density at radius 2 is 1.67 bits per heavy atom. The van der Waals surface area contributed by atoms with Gasteiger partial charge in [0.1, 0.15) is 26.6 Å². The SMILES string of the molecule is CC.CC.O=C(CCCO[N+](=O)[O-])Oc1ccc(O)cc1C(=O)Oc1ccc(-c2cc(=S)ss2)cc1. The first-order valence-electron chi connectivity index (χ1n) is 11.1. The molecular formula is C24H27NO8S3. The number of nitrogens with zero attached hydrogens (tertiary/aromatic N) is 1. The number of benzene rings is 2. The third-order valence-corrected chi connectivity index (χ3v) is 6.85. The van der Waals surface area contributed by atoms with Gasteiger partial charge in [-0.1, -0.05) is 60.6 Å². The number of ether oxygens (including phenoxy) is 2. The molecule has 0 saturated heterocycles. The zero-order chi connectivity index (χ0) is 27.1. The zero-order valence-electron chi connectivity index (χ0n) is 20.2. The molecule has 12 heteroatoms. The molecule has 1 aromatic heterocycles. The van der Waals surface area contributed by atoms with Gasteiger partial charge < -0.3 is 19.4 Å². The molecule has 3 aromatic rings. The number of rotatable bonds is 9. The lowest BCUT2D eigenvalue weighted by Crippen LogP contribution is -2.15. The van der Waals surface area contributed by atoms with Crippen LogP contribution in [0.25, 0.3) is 10.4 Å². The molecule has 0 aliphatic carbocycles. The van der Waals surface area contributed by atoms with Crippen LogP contribution in [0.5, 0.6) is 17.2 Å². The van der Waals surface area contributed by atoms with Crippen molar-refractivity contribution in [2.24, 2.45) is 0 Å². The number of carbonyl (C=O) groups is 2. The summed E-state index contributed by atoms with van der Waals surface area (Å²) >= 11 is 5.13. The average molecular weight is 554 g/mol. The molecule has 0 fully saturated rings. The highest BCUT2D eigenvalue weighted by atomic mass is 32.9. The van der Waals surface area contributed by atoms with Gasteiger partial charge in [0, 0.05) is 11.3 Å². The summed E-state index contributed by atoms with van der Waals surface area (Å²) in [4.78, 5) is 39.9. The monoisotopic (exact) mass is 553 g/mol. The fraction of sp³-hybridized carbons (Fsp3) is 0.292. The second-order valence-electron chi connectivity index (χ2n) is 6.22. The van der Waals surface area contributed by atoms with Crippen molar-refractivity contribution in [3.63, 3.8) is 0 Å². The molecule has 0 saturated carbocycles. The van der Waals surface area contributed by atoms with Crippen LogP contribution in [0.15, 0.2) is 48.5 Å². The maximum absolute atomic E-state index is 12.6. The van der Waals surface area contributed by atoms with Crippen molar-refractivity contribution in [2.75, 3.05) is 6.61 Å². The van der Waals surface area contributed by atoms with Crippen molar-refractivity contribution in [1.82, 2.24) is 0 Å². The Morgan fingerprint density at radius 3 is 2.25 bits per heavy atom. The predicted octanol–water partition coefficient (Wildman–Crippen LogP) is 7.08. The number of phenols is 1. The second-order valence-corrected chi connectivity index (χ2v) is 9.13. The topological polar surface area (TPSA) is 125 Å². The standard InChI is InChI=1S/C20H15NO8S3.2C2H6/c22-13-5-8-16(29-18(23)2-1-9-27-21(25)26)15(10-13)20(24)28-14-6-3-12(4-7-14)17-11-19(30)32-31-17;2*1-2/h3-8,10-11,22H,1-2,9H2;2*1-2H3. The summed E-state index contributed by atoms with van der Waals surface area (Å²) in [5, 5.41) is 18.9. The van der Waals surface area contributed by atoms with E-state index in [9.17, 15) is 24.8 Å². The summed E-state index contributed by atoms with van der Waals surface area (Å²) in [7, 11) is 3.04. The van der Waals surface area contributed by atoms with Gasteiger partial charge in [0.05, 0.1) is 6.61 Å². The summed E-state index contributed by atoms with van der Waals surface area (Å²) < 4.78 is 11.3. The summed E-state index contributed by atoms with van der Waals surface area (Å²) in [6, 6.07) is 12.3. The largest absolute Gasteiger partial charge is 0.508 e. The Kier molecular flexibility index (Phi) is 13.9. The highest BCUT2D eigenvalue weighted by molar-refractivity contribution is 7.80. The van der Waals surface area contributed by atoms with Crippen molar-refractivity contribution in [1.29, 1.82) is 0 Å². The molecular weight excluding hydrogens is 526 g/mol. The lowest BCUT2D eigenvalue weighted by atomic mass is 10.1. The first kappa shape index (κ1) is 30.7. The van der Waals surface area contributed by atoms with Crippen LogP contribution in [0, 0.1) is 13.9 Å². The normalized spacial score (nSPS) is 9.56. The van der Waals surface area contributed by atoms with Gasteiger partial charge in [-0.2, -0.15) is 0 Å². The summed E-state index contributed by atoms with van der Waals surface area (Å²) in [5.74, 6) is -1.62. The quantitative estimate of drug-likeness (QED) is 0.0563. The highest BCUT2D eigenvalue weighted by Gasteiger charge is 2.19. The fourth-order valence-electron chi connectivity index (χ4n) is 2.52. The van der Waals surface area contributed by atoms with E-state index in [2.05, 4.69) is 4.84 Å². The van der Waals surface area contributed by atoms with Gasteiger partial charge in [-0.05, 0) is 60.5 Å². The molecule has 0 spiro atoms. The number of hydrogen-bond acceptors (Lipinski definition) is 11. The van der Waals surface area contributed by atoms with Crippen molar-refractivity contribution >= 4 is 44.8 Å². The molecule has 36 heavy (non-hydrogen) atoms. The maximum atomic E-state index is 12.6. The van der Waals surface area contributed by atoms with Gasteiger partial charge in [0.2, 0.25) is 0 Å². The number of carbonyl (C=O) groups excluding carboxylic acids is 2. The van der Waals surface area contributed by atoms with Gasteiger partial charge in [0.15, 0.2) is 0 Å². The minimum atomic E-state index is -0.955. The molecule has 0 unspecified atom stereocenters. The van der Waals surface area contributed by atoms with E-state index in [1.165, 1.54) is 22.5 Å². The lowest BCUT2D eigenvalue weighted by Gasteiger charge is -2.11. The number of hydrogen-bond donors (Lipinski definition) is 1. The Bertz CT molecular complexity index is 1190. The zero-order valence-corrected chi connectivity index (χ0v) is 22.7. The van der Waals surface area contributed by atoms with Gasteiger partial charge in [-0.15, -0.1) is 10.1 Å². The summed E-state index contributed by atoms with van der Waals surface area (Å²) in [6.45, 7) is 7.74. The minimum Gasteiger partial charge on any atom is -0.508 e. The first-order valence-corrected chi connectivity index (χ1v) is 13.6. The van der Waals surface area contributed by atoms with Crippen LogP contribution in [-0.2, 0) is 9.63 Å². The third-order valence-electron chi connectivity index (χ3n) is 3.94. The van der Waals surface area contributed by atoms with Crippen LogP contribution < -0.4 is 9.47 Å². The van der Waals surface area contributed by atoms with E-state index in [1.807, 2.05) is 33.8 Å². The fourth-order valence-corrected chi connectivity index (χ4v) is 4.92. The molecule has 0 amide bonds. The van der Waals surface area contributed by atoms with E-state index in [0.717, 1.165) is 20.3 Å². The Morgan fingerprint density at radius 1 is 1.00 bits per heavy atom. The highest BCUT2D eigenvalue weighted by Crippen LogP contribution is 2.31. The van der Waals surface area contributed by atoms with E-state index in [4.69, 9.17) is 21.7 Å². The molecule has 1 heterocycles. The smallest absolute Gasteiger partial charge is 0.347 e. The van der Waals surface area contributed by atoms with Crippen molar-refractivity contribution in [3.05, 3.63) is 68.0 Å². The van der Waals surface area contributed by atoms with Crippen LogP contribution >= 0.6 is 32.9 Å². The Labute approximate surface area is 221 Å². The van der Waals surface area contributed by atoms with E-state index in [1.54, 1.807) is 34.6 Å². The van der Waals surface area contributed by atoms with Gasteiger partial charge >= 0.3 is 11.9 Å². The summed E-state index contributed by atoms with van der Waals surface area (Å²) in [6.07, 6.45) is -0.109. The minimum absolute atomic E-state index is 0.0575. The molecule has 0 aliphatic heterocycles. The van der Waals surface area contributed by atoms with Crippen molar-refractivity contribution in [3.8, 4) is 27.7 Å². The molecule has 1 N–H and O–H groups in total. The number of esters is 2. The van der Waals surface area contributed by atoms with E-state index in [0.29, 0.717) is 0 Å². The second kappa shape index (κ2) is 16.3. The Hall–Kier alpha value is -3.35. The summed E-state index contributed by atoms with van der Waals surface area (Å²) in [5.41, 5.74) is 0.773. The van der Waals surface area contributed by atoms with Crippen LogP contribution in [0.4, 0.5) is 0 Å². The molecule has 194 valence electrons. The average Bonchev–Trinajstić information content (AvgIpc) is 3.32. The molecule has 0 atom stereocenters. The Balaban J connectivity index is 0.00000154. The molecule has 0 bridgehead atoms. The van der Waals surface area contributed by atoms with Gasteiger partial charge in [-0.3, -0.25) is 4.79 Å². The predicted molar refractivity (Wildman–Crippen MR) is 142 cm³/mol. The van der Waals surface area contributed by atoms with E-state index >= 15 is 0 Å². The molecule has 0 radical (unpaired) electrons. The van der Waals surface area contributed by atoms with Crippen LogP contribution in [0.3, 0.4) is 0 Å². The number of aromatic hydroxyl groups is 1. The third kappa shape index (κ3) is 10.1.